The van der Waals surface area contributed by atoms with Gasteiger partial charge in [0.05, 0.1) is 17.2 Å². The molecule has 3 heteroatoms. The Hall–Kier alpha value is -1.70. The number of allylic oxidation sites excluding steroid dienone is 4. The molecule has 0 amide bonds. The Morgan fingerprint density at radius 2 is 1.61 bits per heavy atom. The molecular formula is C20H17Cl2O. The Bertz CT molecular complexity index is 786. The van der Waals surface area contributed by atoms with Crippen LogP contribution in [-0.4, -0.2) is 7.11 Å². The molecule has 0 saturated carbocycles. The number of rotatable bonds is 3. The van der Waals surface area contributed by atoms with Crippen molar-refractivity contribution in [3.63, 3.8) is 0 Å². The zero-order valence-electron chi connectivity index (χ0n) is 13.1. The van der Waals surface area contributed by atoms with Crippen LogP contribution in [0.5, 0.6) is 5.75 Å². The third-order valence-electron chi connectivity index (χ3n) is 4.08. The maximum atomic E-state index is 6.17. The highest BCUT2D eigenvalue weighted by Gasteiger charge is 2.16. The Balaban J connectivity index is 2.00. The molecule has 117 valence electrons. The highest BCUT2D eigenvalue weighted by Crippen LogP contribution is 2.38. The van der Waals surface area contributed by atoms with Gasteiger partial charge in [-0.05, 0) is 71.9 Å². The van der Waals surface area contributed by atoms with E-state index in [4.69, 9.17) is 27.9 Å². The van der Waals surface area contributed by atoms with Crippen LogP contribution >= 0.6 is 23.2 Å². The van der Waals surface area contributed by atoms with Crippen LogP contribution in [0.3, 0.4) is 0 Å². The van der Waals surface area contributed by atoms with E-state index in [0.717, 1.165) is 17.7 Å². The van der Waals surface area contributed by atoms with E-state index < -0.39 is 0 Å². The zero-order chi connectivity index (χ0) is 16.4. The maximum Gasteiger partial charge on any atom is 0.118 e. The van der Waals surface area contributed by atoms with Crippen LogP contribution in [0.15, 0.2) is 54.1 Å². The number of benzene rings is 2. The van der Waals surface area contributed by atoms with E-state index in [9.17, 15) is 0 Å². The van der Waals surface area contributed by atoms with Gasteiger partial charge < -0.3 is 4.74 Å². The van der Waals surface area contributed by atoms with Crippen LogP contribution < -0.4 is 4.74 Å². The van der Waals surface area contributed by atoms with E-state index in [0.29, 0.717) is 10.0 Å². The summed E-state index contributed by atoms with van der Waals surface area (Å²) in [5.74, 6) is 0.864. The van der Waals surface area contributed by atoms with Crippen molar-refractivity contribution < 1.29 is 4.74 Å². The highest BCUT2D eigenvalue weighted by atomic mass is 35.5. The third kappa shape index (κ3) is 3.31. The smallest absolute Gasteiger partial charge is 0.118 e. The van der Waals surface area contributed by atoms with E-state index >= 15 is 0 Å². The van der Waals surface area contributed by atoms with Crippen molar-refractivity contribution in [2.24, 2.45) is 0 Å². The molecule has 1 radical (unpaired) electrons. The molecule has 1 aliphatic rings. The fraction of sp³-hybridized carbons (Fsp3) is 0.150. The minimum atomic E-state index is 0.579. The lowest BCUT2D eigenvalue weighted by Gasteiger charge is -2.20. The van der Waals surface area contributed by atoms with Gasteiger partial charge in [0.1, 0.15) is 5.75 Å². The summed E-state index contributed by atoms with van der Waals surface area (Å²) in [6.07, 6.45) is 5.37. The predicted octanol–water partition coefficient (Wildman–Crippen LogP) is 6.47. The van der Waals surface area contributed by atoms with Crippen LogP contribution in [0, 0.1) is 6.42 Å². The predicted molar refractivity (Wildman–Crippen MR) is 98.9 cm³/mol. The van der Waals surface area contributed by atoms with E-state index in [1.54, 1.807) is 7.11 Å². The van der Waals surface area contributed by atoms with Gasteiger partial charge in [0.15, 0.2) is 0 Å². The lowest BCUT2D eigenvalue weighted by atomic mass is 9.85. The average molecular weight is 344 g/mol. The van der Waals surface area contributed by atoms with Gasteiger partial charge in [-0.25, -0.2) is 0 Å². The molecule has 0 unspecified atom stereocenters. The van der Waals surface area contributed by atoms with E-state index in [1.807, 2.05) is 30.3 Å². The first-order valence-corrected chi connectivity index (χ1v) is 8.20. The summed E-state index contributed by atoms with van der Waals surface area (Å²) in [5.41, 5.74) is 5.97. The molecule has 0 aromatic heterocycles. The summed E-state index contributed by atoms with van der Waals surface area (Å²) >= 11 is 12.2. The van der Waals surface area contributed by atoms with Gasteiger partial charge in [-0.15, -0.1) is 0 Å². The van der Waals surface area contributed by atoms with Crippen molar-refractivity contribution in [1.29, 1.82) is 0 Å². The minimum absolute atomic E-state index is 0.579. The van der Waals surface area contributed by atoms with Crippen molar-refractivity contribution in [2.75, 3.05) is 7.11 Å². The minimum Gasteiger partial charge on any atom is -0.497 e. The van der Waals surface area contributed by atoms with Crippen molar-refractivity contribution in [3.05, 3.63) is 81.7 Å². The Morgan fingerprint density at radius 3 is 2.26 bits per heavy atom. The molecule has 0 aliphatic heterocycles. The van der Waals surface area contributed by atoms with Crippen LogP contribution in [0.25, 0.3) is 11.1 Å². The second-order valence-corrected chi connectivity index (χ2v) is 6.27. The molecule has 0 N–H and O–H groups in total. The van der Waals surface area contributed by atoms with Crippen molar-refractivity contribution in [2.45, 2.75) is 13.3 Å². The third-order valence-corrected chi connectivity index (χ3v) is 4.82. The normalized spacial score (nSPS) is 14.7. The molecule has 2 aromatic rings. The first-order chi connectivity index (χ1) is 11.1. The molecule has 3 rings (SSSR count). The van der Waals surface area contributed by atoms with Gasteiger partial charge in [0, 0.05) is 0 Å². The molecule has 1 aliphatic carbocycles. The van der Waals surface area contributed by atoms with Gasteiger partial charge >= 0.3 is 0 Å². The lowest BCUT2D eigenvalue weighted by molar-refractivity contribution is 0.415. The summed E-state index contributed by atoms with van der Waals surface area (Å²) in [5, 5.41) is 1.16. The van der Waals surface area contributed by atoms with E-state index in [-0.39, 0.29) is 0 Å². The summed E-state index contributed by atoms with van der Waals surface area (Å²) in [4.78, 5) is 0. The lowest BCUT2D eigenvalue weighted by Crippen LogP contribution is -1.99. The van der Waals surface area contributed by atoms with Gasteiger partial charge in [-0.3, -0.25) is 0 Å². The maximum absolute atomic E-state index is 6.17. The number of halogens is 2. The van der Waals surface area contributed by atoms with E-state index in [2.05, 4.69) is 31.6 Å². The van der Waals surface area contributed by atoms with Gasteiger partial charge in [0.2, 0.25) is 0 Å². The molecule has 23 heavy (non-hydrogen) atoms. The van der Waals surface area contributed by atoms with Gasteiger partial charge in [-0.2, -0.15) is 0 Å². The summed E-state index contributed by atoms with van der Waals surface area (Å²) in [6.45, 7) is 2.14. The fourth-order valence-electron chi connectivity index (χ4n) is 2.85. The molecular weight excluding hydrogens is 327 g/mol. The average Bonchev–Trinajstić information content (AvgIpc) is 2.58. The van der Waals surface area contributed by atoms with Crippen molar-refractivity contribution in [1.82, 2.24) is 0 Å². The van der Waals surface area contributed by atoms with Gasteiger partial charge in [-0.1, -0.05) is 47.5 Å². The number of methoxy groups -OCH3 is 1. The number of hydrogen-bond acceptors (Lipinski definition) is 1. The first kappa shape index (κ1) is 16.2. The second-order valence-electron chi connectivity index (χ2n) is 5.45. The largest absolute Gasteiger partial charge is 0.497 e. The Labute approximate surface area is 147 Å². The standard InChI is InChI=1S/C20H17Cl2O/c1-13-17(14-6-9-16(23-2)10-7-14)4-3-5-18(13)15-8-11-19(21)20(22)12-15/h4-12H,3H2,1-2H3. The van der Waals surface area contributed by atoms with Crippen molar-refractivity contribution >= 4 is 34.3 Å². The second kappa shape index (κ2) is 6.82. The molecule has 0 atom stereocenters. The molecule has 0 fully saturated rings. The van der Waals surface area contributed by atoms with Crippen LogP contribution in [0.4, 0.5) is 0 Å². The zero-order valence-corrected chi connectivity index (χ0v) is 14.6. The van der Waals surface area contributed by atoms with Crippen molar-refractivity contribution in [3.8, 4) is 5.75 Å². The van der Waals surface area contributed by atoms with Crippen LogP contribution in [-0.2, 0) is 0 Å². The quantitative estimate of drug-likeness (QED) is 0.620. The molecule has 2 aromatic carbocycles. The topological polar surface area (TPSA) is 9.23 Å². The molecule has 0 spiro atoms. The van der Waals surface area contributed by atoms with Crippen LogP contribution in [0.2, 0.25) is 10.0 Å². The highest BCUT2D eigenvalue weighted by molar-refractivity contribution is 6.42. The fourth-order valence-corrected chi connectivity index (χ4v) is 3.15. The SMILES string of the molecule is COc1ccc(C2=C(C)C(c3ccc(Cl)c(Cl)c3)=CC[CH]2)cc1. The molecule has 0 bridgehead atoms. The molecule has 1 nitrogen and oxygen atoms in total. The number of hydrogen-bond donors (Lipinski definition) is 0. The summed E-state index contributed by atoms with van der Waals surface area (Å²) < 4.78 is 5.23. The summed E-state index contributed by atoms with van der Waals surface area (Å²) in [7, 11) is 1.68. The van der Waals surface area contributed by atoms with Crippen LogP contribution in [0.1, 0.15) is 24.5 Å². The number of ether oxygens (including phenoxy) is 1. The first-order valence-electron chi connectivity index (χ1n) is 7.44. The Morgan fingerprint density at radius 1 is 0.913 bits per heavy atom. The summed E-state index contributed by atoms with van der Waals surface area (Å²) in [6, 6.07) is 13.9. The molecule has 0 heterocycles. The monoisotopic (exact) mass is 343 g/mol. The van der Waals surface area contributed by atoms with E-state index in [1.165, 1.54) is 22.3 Å². The Kier molecular flexibility index (Phi) is 4.79. The molecule has 0 saturated heterocycles. The van der Waals surface area contributed by atoms with Gasteiger partial charge in [0.25, 0.3) is 0 Å².